The lowest BCUT2D eigenvalue weighted by Crippen LogP contribution is -2.64. The van der Waals surface area contributed by atoms with Gasteiger partial charge in [-0.25, -0.2) is 9.78 Å². The molecule has 3 aromatic heterocycles. The molecule has 1 amide bonds. The number of methoxy groups -OCH3 is 1. The highest BCUT2D eigenvalue weighted by molar-refractivity contribution is 5.91. The summed E-state index contributed by atoms with van der Waals surface area (Å²) in [4.78, 5) is 41.3. The van der Waals surface area contributed by atoms with Gasteiger partial charge in [0, 0.05) is 50.5 Å². The number of nitrogen functional groups attached to an aromatic ring is 3. The van der Waals surface area contributed by atoms with Crippen LogP contribution in [-0.4, -0.2) is 76.9 Å². The predicted octanol–water partition coefficient (Wildman–Crippen LogP) is 7.25. The van der Waals surface area contributed by atoms with Crippen LogP contribution in [0.2, 0.25) is 0 Å². The Morgan fingerprint density at radius 1 is 0.938 bits per heavy atom. The number of aromatic nitrogens is 2. The molecule has 17 heteroatoms. The van der Waals surface area contributed by atoms with Crippen molar-refractivity contribution in [2.24, 2.45) is 11.5 Å². The van der Waals surface area contributed by atoms with Gasteiger partial charge in [-0.2, -0.15) is 0 Å². The first-order valence-electron chi connectivity index (χ1n) is 21.2. The molecule has 64 heavy (non-hydrogen) atoms. The minimum Gasteiger partial charge on any atom is -0.462 e. The van der Waals surface area contributed by atoms with Crippen molar-refractivity contribution in [1.82, 2.24) is 9.97 Å². The number of unbranched alkanes of at least 4 members (excludes halogenated alkanes) is 1. The van der Waals surface area contributed by atoms with Crippen LogP contribution in [0.1, 0.15) is 89.0 Å². The molecule has 0 spiro atoms. The Bertz CT molecular complexity index is 1940. The molecule has 6 rings (SSSR count). The third kappa shape index (κ3) is 25.8. The zero-order valence-electron chi connectivity index (χ0n) is 39.8. The fourth-order valence-electron chi connectivity index (χ4n) is 4.95. The molecule has 4 atom stereocenters. The third-order valence-electron chi connectivity index (χ3n) is 7.51. The molecule has 0 radical (unpaired) electrons. The van der Waals surface area contributed by atoms with Gasteiger partial charge in [-0.1, -0.05) is 79.2 Å². The normalized spacial score (nSPS) is 16.2. The van der Waals surface area contributed by atoms with Crippen LogP contribution >= 0.6 is 0 Å². The number of aliphatic hydroxyl groups excluding tert-OH is 1. The average Bonchev–Trinajstić information content (AvgIpc) is 3.73. The summed E-state index contributed by atoms with van der Waals surface area (Å²) in [6, 6.07) is 25.1. The second-order valence-corrected chi connectivity index (χ2v) is 13.9. The Morgan fingerprint density at radius 3 is 1.92 bits per heavy atom. The van der Waals surface area contributed by atoms with Crippen LogP contribution in [0, 0.1) is 0 Å². The van der Waals surface area contributed by atoms with Gasteiger partial charge >= 0.3 is 11.6 Å². The van der Waals surface area contributed by atoms with Crippen molar-refractivity contribution in [2.45, 2.75) is 125 Å². The number of nitrogens with two attached hydrogens (primary N) is 5. The first-order valence-corrected chi connectivity index (χ1v) is 21.2. The van der Waals surface area contributed by atoms with Gasteiger partial charge in [0.2, 0.25) is 12.2 Å². The van der Waals surface area contributed by atoms with Crippen molar-refractivity contribution < 1.29 is 38.1 Å². The molecule has 2 aromatic carbocycles. The molecule has 0 bridgehead atoms. The zero-order valence-corrected chi connectivity index (χ0v) is 39.8. The number of nitrogens with one attached hydrogen (secondary N) is 2. The lowest BCUT2D eigenvalue weighted by molar-refractivity contribution is -0.308. The van der Waals surface area contributed by atoms with Crippen LogP contribution in [-0.2, 0) is 23.8 Å². The smallest absolute Gasteiger partial charge is 0.360 e. The standard InChI is InChI=1S/C21H25NO9.C6H7N.C5H6N2.C4H6N2.C4H11N.C3H9N.2C2H6/c1-10(23)22-14-8-12-6-7-13(9-15(12)30-19(14)26)29-20-16(25)17(28-11(2)24)18(27-5)21(3,4)31-20;7-6-4-2-1-3-5-6;6-5-3-1-2-4-7-5;5-4-2-1-3-6-4;1-2-3-4-5;1-3(2)4;2*1-2/h6-9,16-18,20,25H,1-5H3,(H,22,23);1-5H,7H2;1-4H,(H2,6,7);1-3,6H,5H2;2-5H2,1H3;3H,4H2,1-2H3;2*1-2H3/t16-,17+,18+,20?;;;;;;;/m0......./s1. The molecule has 1 unspecified atom stereocenters. The van der Waals surface area contributed by atoms with E-state index in [2.05, 4.69) is 22.2 Å². The van der Waals surface area contributed by atoms with E-state index in [-0.39, 0.29) is 17.0 Å². The molecule has 1 aliphatic rings. The quantitative estimate of drug-likeness (QED) is 0.0453. The fraction of sp³-hybridized carbons (Fsp3) is 0.447. The van der Waals surface area contributed by atoms with E-state index >= 15 is 0 Å². The Labute approximate surface area is 379 Å². The maximum Gasteiger partial charge on any atom is 0.360 e. The number of fused-ring (bicyclic) bond motifs is 1. The summed E-state index contributed by atoms with van der Waals surface area (Å²) in [6.07, 6.45) is 1.56. The van der Waals surface area contributed by atoms with Crippen molar-refractivity contribution in [1.29, 1.82) is 0 Å². The van der Waals surface area contributed by atoms with Gasteiger partial charge in [0.1, 0.15) is 34.8 Å². The number of amides is 1. The average molecular weight is 897 g/mol. The van der Waals surface area contributed by atoms with Crippen LogP contribution < -0.4 is 44.3 Å². The van der Waals surface area contributed by atoms with Gasteiger partial charge < -0.3 is 67.4 Å². The first-order chi connectivity index (χ1) is 30.3. The van der Waals surface area contributed by atoms with Gasteiger partial charge in [-0.3, -0.25) is 9.59 Å². The van der Waals surface area contributed by atoms with Crippen LogP contribution in [0.3, 0.4) is 0 Å². The second-order valence-electron chi connectivity index (χ2n) is 13.9. The zero-order chi connectivity index (χ0) is 49.3. The van der Waals surface area contributed by atoms with Crippen molar-refractivity contribution in [3.8, 4) is 5.75 Å². The molecule has 4 heterocycles. The summed E-state index contributed by atoms with van der Waals surface area (Å²) < 4.78 is 27.6. The minimum atomic E-state index is -1.34. The monoisotopic (exact) mass is 897 g/mol. The SMILES string of the molecule is CC.CC.CC(C)N.CCCCN.CO[C@@H]1[C@H](OC(C)=O)[C@H](O)C(Oc2ccc3cc(NC(C)=O)c(=O)oc3c2)OC1(C)C.Nc1ccc[nH]1.Nc1ccccc1.Nc1ccccn1. The highest BCUT2D eigenvalue weighted by Gasteiger charge is 2.53. The Hall–Kier alpha value is -5.98. The van der Waals surface area contributed by atoms with Crippen molar-refractivity contribution in [2.75, 3.05) is 36.2 Å². The van der Waals surface area contributed by atoms with Crippen molar-refractivity contribution in [3.63, 3.8) is 0 Å². The number of H-pyrrole nitrogens is 1. The number of benzene rings is 2. The van der Waals surface area contributed by atoms with Crippen LogP contribution in [0.25, 0.3) is 11.0 Å². The number of hydrogen-bond donors (Lipinski definition) is 8. The molecule has 358 valence electrons. The summed E-state index contributed by atoms with van der Waals surface area (Å²) in [7, 11) is 1.43. The summed E-state index contributed by atoms with van der Waals surface area (Å²) in [5.74, 6) is 0.567. The van der Waals surface area contributed by atoms with Gasteiger partial charge in [0.25, 0.3) is 0 Å². The minimum absolute atomic E-state index is 0.0243. The van der Waals surface area contributed by atoms with Crippen LogP contribution in [0.5, 0.6) is 5.75 Å². The number of para-hydroxylation sites is 1. The highest BCUT2D eigenvalue weighted by atomic mass is 16.7. The number of aliphatic hydroxyl groups is 1. The summed E-state index contributed by atoms with van der Waals surface area (Å²) in [6.45, 7) is 20.8. The molecule has 17 nitrogen and oxygen atoms in total. The Kier molecular flexibility index (Phi) is 32.4. The largest absolute Gasteiger partial charge is 0.462 e. The van der Waals surface area contributed by atoms with Gasteiger partial charge in [0.15, 0.2) is 12.2 Å². The van der Waals surface area contributed by atoms with E-state index in [1.807, 2.05) is 90.1 Å². The number of nitrogens with zero attached hydrogens (tertiary/aromatic N) is 1. The topological polar surface area (TPSA) is 292 Å². The number of hydrogen-bond acceptors (Lipinski definition) is 15. The number of anilines is 4. The van der Waals surface area contributed by atoms with Gasteiger partial charge in [-0.05, 0) is 87.5 Å². The lowest BCUT2D eigenvalue weighted by atomic mass is 9.89. The molecule has 0 aliphatic carbocycles. The van der Waals surface area contributed by atoms with E-state index in [0.29, 0.717) is 17.2 Å². The predicted molar refractivity (Wildman–Crippen MR) is 259 cm³/mol. The van der Waals surface area contributed by atoms with E-state index in [0.717, 1.165) is 18.1 Å². The molecule has 0 saturated carbocycles. The number of ether oxygens (including phenoxy) is 4. The third-order valence-corrected chi connectivity index (χ3v) is 7.51. The van der Waals surface area contributed by atoms with Crippen LogP contribution in [0.4, 0.5) is 23.0 Å². The number of carbonyl (C=O) groups excluding carboxylic acids is 2. The number of esters is 1. The summed E-state index contributed by atoms with van der Waals surface area (Å²) in [5, 5.41) is 13.7. The lowest BCUT2D eigenvalue weighted by Gasteiger charge is -2.47. The highest BCUT2D eigenvalue weighted by Crippen LogP contribution is 2.35. The molecule has 1 saturated heterocycles. The van der Waals surface area contributed by atoms with E-state index in [9.17, 15) is 19.5 Å². The Balaban J connectivity index is 0. The maximum absolute atomic E-state index is 12.1. The molecule has 5 aromatic rings. The molecular formula is C47H76N8O9. The Morgan fingerprint density at radius 2 is 1.55 bits per heavy atom. The fourth-order valence-corrected chi connectivity index (χ4v) is 4.95. The van der Waals surface area contributed by atoms with E-state index < -0.39 is 47.7 Å². The summed E-state index contributed by atoms with van der Waals surface area (Å²) in [5.41, 5.74) is 25.5. The van der Waals surface area contributed by atoms with E-state index in [4.69, 9.17) is 52.0 Å². The van der Waals surface area contributed by atoms with Gasteiger partial charge in [-0.15, -0.1) is 0 Å². The molecule has 1 fully saturated rings. The number of rotatable bonds is 7. The van der Waals surface area contributed by atoms with Crippen molar-refractivity contribution in [3.05, 3.63) is 108 Å². The molecular weight excluding hydrogens is 821 g/mol. The first kappa shape index (κ1) is 60.1. The number of pyridine rings is 1. The van der Waals surface area contributed by atoms with Gasteiger partial charge in [0.05, 0.1) is 5.60 Å². The molecule has 1 aliphatic heterocycles. The van der Waals surface area contributed by atoms with Crippen molar-refractivity contribution >= 4 is 45.9 Å². The number of carbonyl (C=O) groups is 2. The van der Waals surface area contributed by atoms with Crippen LogP contribution in [0.15, 0.2) is 107 Å². The molecule has 13 N–H and O–H groups in total. The second kappa shape index (κ2) is 34.5. The maximum atomic E-state index is 12.1. The summed E-state index contributed by atoms with van der Waals surface area (Å²) >= 11 is 0. The number of aromatic amines is 1. The van der Waals surface area contributed by atoms with E-state index in [1.54, 1.807) is 50.5 Å². The van der Waals surface area contributed by atoms with E-state index in [1.165, 1.54) is 45.9 Å².